The van der Waals surface area contributed by atoms with Crippen molar-refractivity contribution in [2.45, 2.75) is 71.1 Å². The summed E-state index contributed by atoms with van der Waals surface area (Å²) < 4.78 is 20.3. The van der Waals surface area contributed by atoms with E-state index >= 15 is 0 Å². The molecule has 1 atom stereocenters. The highest BCUT2D eigenvalue weighted by molar-refractivity contribution is 5.84. The second kappa shape index (κ2) is 11.3. The van der Waals surface area contributed by atoms with Crippen LogP contribution >= 0.6 is 0 Å². The van der Waals surface area contributed by atoms with Crippen molar-refractivity contribution < 1.29 is 9.13 Å². The summed E-state index contributed by atoms with van der Waals surface area (Å²) in [5.74, 6) is 0.253. The number of nitrogens with zero attached hydrogens (tertiary/aromatic N) is 2. The number of aromatic amines is 1. The molecular weight excluding hydrogens is 485 g/mol. The van der Waals surface area contributed by atoms with E-state index in [1.807, 2.05) is 30.3 Å². The molecule has 2 heterocycles. The molecule has 5 heteroatoms. The Bertz CT molecular complexity index is 1480. The van der Waals surface area contributed by atoms with Gasteiger partial charge in [0.15, 0.2) is 0 Å². The minimum absolute atomic E-state index is 0.254. The SMILES string of the molecule is CC(C)c1ccc2[nH]cc(CCN(CCCC3(c4ccc(F)cc4)OCc4cc(C#N)ccc43)C(C)C)c2c1. The largest absolute Gasteiger partial charge is 0.361 e. The number of nitriles is 1. The smallest absolute Gasteiger partial charge is 0.123 e. The normalized spacial score (nSPS) is 16.9. The van der Waals surface area contributed by atoms with Crippen LogP contribution in [0.5, 0.6) is 0 Å². The lowest BCUT2D eigenvalue weighted by atomic mass is 9.81. The van der Waals surface area contributed by atoms with E-state index in [0.717, 1.165) is 49.0 Å². The number of H-pyrrole nitrogens is 1. The number of benzene rings is 3. The van der Waals surface area contributed by atoms with E-state index in [2.05, 4.69) is 68.0 Å². The summed E-state index contributed by atoms with van der Waals surface area (Å²) >= 11 is 0. The van der Waals surface area contributed by atoms with Gasteiger partial charge in [-0.3, -0.25) is 0 Å². The van der Waals surface area contributed by atoms with Gasteiger partial charge in [0, 0.05) is 29.7 Å². The molecule has 4 nitrogen and oxygen atoms in total. The first kappa shape index (κ1) is 27.1. The van der Waals surface area contributed by atoms with Crippen LogP contribution in [0.4, 0.5) is 4.39 Å². The number of hydrogen-bond donors (Lipinski definition) is 1. The van der Waals surface area contributed by atoms with Crippen LogP contribution in [-0.2, 0) is 23.4 Å². The fourth-order valence-electron chi connectivity index (χ4n) is 5.95. The van der Waals surface area contributed by atoms with Crippen molar-refractivity contribution >= 4 is 10.9 Å². The zero-order valence-electron chi connectivity index (χ0n) is 23.4. The minimum Gasteiger partial charge on any atom is -0.361 e. The molecule has 0 aliphatic carbocycles. The van der Waals surface area contributed by atoms with E-state index in [0.29, 0.717) is 24.1 Å². The number of aromatic nitrogens is 1. The maximum atomic E-state index is 13.8. The quantitative estimate of drug-likeness (QED) is 0.231. The molecular formula is C34H38FN3O. The first-order chi connectivity index (χ1) is 18.8. The highest BCUT2D eigenvalue weighted by Gasteiger charge is 2.41. The topological polar surface area (TPSA) is 52.0 Å². The second-order valence-electron chi connectivity index (χ2n) is 11.4. The summed E-state index contributed by atoms with van der Waals surface area (Å²) in [6, 6.07) is 21.9. The second-order valence-corrected chi connectivity index (χ2v) is 11.4. The Morgan fingerprint density at radius 3 is 2.54 bits per heavy atom. The van der Waals surface area contributed by atoms with E-state index in [-0.39, 0.29) is 5.82 Å². The molecule has 202 valence electrons. The van der Waals surface area contributed by atoms with Gasteiger partial charge < -0.3 is 14.6 Å². The molecule has 0 spiro atoms. The monoisotopic (exact) mass is 523 g/mol. The molecule has 0 saturated carbocycles. The van der Waals surface area contributed by atoms with Gasteiger partial charge in [-0.2, -0.15) is 5.26 Å². The summed E-state index contributed by atoms with van der Waals surface area (Å²) in [6.07, 6.45) is 4.86. The first-order valence-electron chi connectivity index (χ1n) is 14.1. The van der Waals surface area contributed by atoms with Gasteiger partial charge in [0.25, 0.3) is 0 Å². The predicted molar refractivity (Wildman–Crippen MR) is 155 cm³/mol. The zero-order chi connectivity index (χ0) is 27.6. The third-order valence-corrected chi connectivity index (χ3v) is 8.28. The molecule has 0 saturated heterocycles. The van der Waals surface area contributed by atoms with Crippen molar-refractivity contribution in [3.63, 3.8) is 0 Å². The van der Waals surface area contributed by atoms with Gasteiger partial charge in [0.2, 0.25) is 0 Å². The van der Waals surface area contributed by atoms with E-state index in [1.165, 1.54) is 34.2 Å². The van der Waals surface area contributed by atoms with Gasteiger partial charge >= 0.3 is 0 Å². The van der Waals surface area contributed by atoms with Crippen LogP contribution in [0.3, 0.4) is 0 Å². The Kier molecular flexibility index (Phi) is 7.88. The molecule has 1 aromatic heterocycles. The Morgan fingerprint density at radius 2 is 1.82 bits per heavy atom. The number of nitrogens with one attached hydrogen (secondary N) is 1. The van der Waals surface area contributed by atoms with Crippen molar-refractivity contribution in [3.05, 3.63) is 106 Å². The van der Waals surface area contributed by atoms with Crippen molar-refractivity contribution in [2.75, 3.05) is 13.1 Å². The van der Waals surface area contributed by atoms with E-state index in [4.69, 9.17) is 4.74 Å². The van der Waals surface area contributed by atoms with E-state index in [1.54, 1.807) is 0 Å². The van der Waals surface area contributed by atoms with Crippen molar-refractivity contribution in [1.29, 1.82) is 5.26 Å². The number of fused-ring (bicyclic) bond motifs is 2. The molecule has 0 bridgehead atoms. The highest BCUT2D eigenvalue weighted by Crippen LogP contribution is 2.45. The Hall–Kier alpha value is -3.46. The van der Waals surface area contributed by atoms with Gasteiger partial charge in [0.1, 0.15) is 11.4 Å². The maximum Gasteiger partial charge on any atom is 0.123 e. The minimum atomic E-state index is -0.635. The molecule has 1 N–H and O–H groups in total. The average Bonchev–Trinajstić information content (AvgIpc) is 3.51. The first-order valence-corrected chi connectivity index (χ1v) is 14.1. The summed E-state index contributed by atoms with van der Waals surface area (Å²) in [5.41, 5.74) is 7.02. The molecule has 0 fully saturated rings. The van der Waals surface area contributed by atoms with Crippen LogP contribution in [0.25, 0.3) is 10.9 Å². The fraction of sp³-hybridized carbons (Fsp3) is 0.382. The molecule has 0 amide bonds. The van der Waals surface area contributed by atoms with E-state index < -0.39 is 5.60 Å². The zero-order valence-corrected chi connectivity index (χ0v) is 23.4. The lowest BCUT2D eigenvalue weighted by Gasteiger charge is -2.33. The van der Waals surface area contributed by atoms with Crippen LogP contribution < -0.4 is 0 Å². The third-order valence-electron chi connectivity index (χ3n) is 8.28. The molecule has 1 aliphatic heterocycles. The van der Waals surface area contributed by atoms with Gasteiger partial charge in [0.05, 0.1) is 18.2 Å². The molecule has 4 aromatic rings. The van der Waals surface area contributed by atoms with Gasteiger partial charge in [-0.15, -0.1) is 0 Å². The van der Waals surface area contributed by atoms with Crippen molar-refractivity contribution in [2.24, 2.45) is 0 Å². The molecule has 39 heavy (non-hydrogen) atoms. The standard InChI is InChI=1S/C34H38FN3O/c1-23(2)26-7-13-33-31(19-26)27(21-37-33)14-17-38(24(3)4)16-5-15-34(29-8-10-30(35)11-9-29)32-12-6-25(20-36)18-28(32)22-39-34/h6-13,18-19,21,23-24,37H,5,14-17,22H2,1-4H3. The Labute approximate surface area is 231 Å². The maximum absolute atomic E-state index is 13.8. The van der Waals surface area contributed by atoms with Crippen LogP contribution in [0.15, 0.2) is 66.9 Å². The number of ether oxygens (including phenoxy) is 1. The van der Waals surface area contributed by atoms with E-state index in [9.17, 15) is 9.65 Å². The Morgan fingerprint density at radius 1 is 1.03 bits per heavy atom. The van der Waals surface area contributed by atoms with Crippen molar-refractivity contribution in [3.8, 4) is 6.07 Å². The fourth-order valence-corrected chi connectivity index (χ4v) is 5.95. The molecule has 1 aliphatic rings. The highest BCUT2D eigenvalue weighted by atomic mass is 19.1. The molecule has 5 rings (SSSR count). The van der Waals surface area contributed by atoms with Crippen LogP contribution in [-0.4, -0.2) is 29.0 Å². The number of hydrogen-bond acceptors (Lipinski definition) is 3. The number of rotatable bonds is 10. The third kappa shape index (κ3) is 5.50. The lowest BCUT2D eigenvalue weighted by molar-refractivity contribution is -0.0150. The predicted octanol–water partition coefficient (Wildman–Crippen LogP) is 7.81. The summed E-state index contributed by atoms with van der Waals surface area (Å²) in [5, 5.41) is 10.7. The van der Waals surface area contributed by atoms with Crippen LogP contribution in [0, 0.1) is 17.1 Å². The average molecular weight is 524 g/mol. The van der Waals surface area contributed by atoms with Crippen LogP contribution in [0.2, 0.25) is 0 Å². The summed E-state index contributed by atoms with van der Waals surface area (Å²) in [6.45, 7) is 11.4. The summed E-state index contributed by atoms with van der Waals surface area (Å²) in [4.78, 5) is 5.99. The van der Waals surface area contributed by atoms with Crippen LogP contribution in [0.1, 0.15) is 79.8 Å². The van der Waals surface area contributed by atoms with Gasteiger partial charge in [-0.1, -0.05) is 38.1 Å². The summed E-state index contributed by atoms with van der Waals surface area (Å²) in [7, 11) is 0. The molecule has 3 aromatic carbocycles. The van der Waals surface area contributed by atoms with Crippen molar-refractivity contribution in [1.82, 2.24) is 9.88 Å². The Balaban J connectivity index is 1.32. The van der Waals surface area contributed by atoms with Gasteiger partial charge in [-0.05, 0) is 110 Å². The number of halogens is 1. The molecule has 1 unspecified atom stereocenters. The van der Waals surface area contributed by atoms with Gasteiger partial charge in [-0.25, -0.2) is 4.39 Å². The lowest BCUT2D eigenvalue weighted by Crippen LogP contribution is -2.35. The molecule has 0 radical (unpaired) electrons.